The van der Waals surface area contributed by atoms with E-state index in [0.29, 0.717) is 5.82 Å². The number of nitrogens with one attached hydrogen (secondary N) is 1. The van der Waals surface area contributed by atoms with Crippen LogP contribution in [0.25, 0.3) is 0 Å². The molecule has 0 aliphatic rings. The van der Waals surface area contributed by atoms with E-state index in [2.05, 4.69) is 21.4 Å². The minimum atomic E-state index is -0.504. The van der Waals surface area contributed by atoms with Crippen LogP contribution in [-0.2, 0) is 4.74 Å². The summed E-state index contributed by atoms with van der Waals surface area (Å²) in [5, 5.41) is 12.3. The molecule has 2 atom stereocenters. The van der Waals surface area contributed by atoms with Crippen molar-refractivity contribution in [3.8, 4) is 6.07 Å². The highest BCUT2D eigenvalue weighted by Crippen LogP contribution is 2.15. The molecule has 0 aliphatic carbocycles. The second kappa shape index (κ2) is 5.98. The molecule has 0 bridgehead atoms. The summed E-state index contributed by atoms with van der Waals surface area (Å²) in [4.78, 5) is 7.75. The minimum absolute atomic E-state index is 0.140. The van der Waals surface area contributed by atoms with Crippen LogP contribution >= 0.6 is 11.6 Å². The van der Waals surface area contributed by atoms with Gasteiger partial charge in [0.05, 0.1) is 17.8 Å². The highest BCUT2D eigenvalue weighted by Gasteiger charge is 2.23. The van der Waals surface area contributed by atoms with Gasteiger partial charge in [-0.1, -0.05) is 0 Å². The van der Waals surface area contributed by atoms with Crippen molar-refractivity contribution >= 4 is 17.4 Å². The van der Waals surface area contributed by atoms with Crippen LogP contribution in [0, 0.1) is 11.3 Å². The maximum absolute atomic E-state index is 9.16. The Kier molecular flexibility index (Phi) is 4.88. The van der Waals surface area contributed by atoms with E-state index in [1.807, 2.05) is 27.7 Å². The van der Waals surface area contributed by atoms with Crippen molar-refractivity contribution in [2.24, 2.45) is 0 Å². The highest BCUT2D eigenvalue weighted by atomic mass is 35.5. The Bertz CT molecular complexity index is 438. The van der Waals surface area contributed by atoms with Crippen LogP contribution in [0.3, 0.4) is 0 Å². The molecule has 6 heteroatoms. The van der Waals surface area contributed by atoms with Gasteiger partial charge in [0.15, 0.2) is 0 Å². The van der Waals surface area contributed by atoms with Gasteiger partial charge in [-0.15, -0.1) is 0 Å². The largest absolute Gasteiger partial charge is 0.370 e. The summed E-state index contributed by atoms with van der Waals surface area (Å²) >= 11 is 5.68. The molecule has 1 aromatic rings. The molecule has 5 nitrogen and oxygen atoms in total. The van der Waals surface area contributed by atoms with Crippen molar-refractivity contribution in [1.82, 2.24) is 9.97 Å². The number of hydrogen-bond acceptors (Lipinski definition) is 5. The van der Waals surface area contributed by atoms with Crippen molar-refractivity contribution in [3.63, 3.8) is 0 Å². The van der Waals surface area contributed by atoms with Crippen LogP contribution in [0.4, 0.5) is 5.82 Å². The molecule has 0 saturated heterocycles. The van der Waals surface area contributed by atoms with E-state index in [-0.39, 0.29) is 17.0 Å². The maximum Gasteiger partial charge on any atom is 0.224 e. The van der Waals surface area contributed by atoms with Crippen LogP contribution in [-0.4, -0.2) is 27.7 Å². The van der Waals surface area contributed by atoms with E-state index in [4.69, 9.17) is 21.6 Å². The SMILES string of the molecule is C[C@@H](OC(C)(C)C)[C@@H](C#N)Nc1ccnc(Cl)n1. The van der Waals surface area contributed by atoms with E-state index < -0.39 is 6.04 Å². The van der Waals surface area contributed by atoms with Gasteiger partial charge in [0.2, 0.25) is 5.28 Å². The van der Waals surface area contributed by atoms with Crippen molar-refractivity contribution in [1.29, 1.82) is 5.26 Å². The summed E-state index contributed by atoms with van der Waals surface area (Å²) in [6.07, 6.45) is 1.25. The second-order valence-electron chi connectivity index (χ2n) is 4.90. The zero-order chi connectivity index (χ0) is 13.8. The van der Waals surface area contributed by atoms with Crippen molar-refractivity contribution in [2.45, 2.75) is 45.4 Å². The Labute approximate surface area is 112 Å². The molecule has 0 saturated carbocycles. The number of hydrogen-bond donors (Lipinski definition) is 1. The summed E-state index contributed by atoms with van der Waals surface area (Å²) < 4.78 is 5.73. The van der Waals surface area contributed by atoms with E-state index in [9.17, 15) is 0 Å². The third-order valence-corrected chi connectivity index (χ3v) is 2.26. The van der Waals surface area contributed by atoms with Crippen molar-refractivity contribution < 1.29 is 4.74 Å². The molecule has 0 unspecified atom stereocenters. The van der Waals surface area contributed by atoms with Crippen LogP contribution in [0.2, 0.25) is 5.28 Å². The number of aromatic nitrogens is 2. The first-order valence-electron chi connectivity index (χ1n) is 5.64. The molecule has 0 radical (unpaired) electrons. The summed E-state index contributed by atoms with van der Waals surface area (Å²) in [6, 6.07) is 3.30. The smallest absolute Gasteiger partial charge is 0.224 e. The van der Waals surface area contributed by atoms with Gasteiger partial charge in [-0.3, -0.25) is 0 Å². The van der Waals surface area contributed by atoms with Crippen LogP contribution in [0.1, 0.15) is 27.7 Å². The van der Waals surface area contributed by atoms with Gasteiger partial charge in [-0.25, -0.2) is 9.97 Å². The molecule has 0 aromatic carbocycles. The van der Waals surface area contributed by atoms with E-state index in [1.165, 1.54) is 6.20 Å². The van der Waals surface area contributed by atoms with Gasteiger partial charge < -0.3 is 10.1 Å². The van der Waals surface area contributed by atoms with Gasteiger partial charge >= 0.3 is 0 Å². The molecule has 1 N–H and O–H groups in total. The molecular formula is C12H17ClN4O. The van der Waals surface area contributed by atoms with Crippen LogP contribution < -0.4 is 5.32 Å². The number of halogens is 1. The third kappa shape index (κ3) is 4.86. The number of anilines is 1. The van der Waals surface area contributed by atoms with Crippen molar-refractivity contribution in [3.05, 3.63) is 17.5 Å². The molecule has 98 valence electrons. The van der Waals surface area contributed by atoms with Crippen LogP contribution in [0.5, 0.6) is 0 Å². The Morgan fingerprint density at radius 2 is 2.17 bits per heavy atom. The van der Waals surface area contributed by atoms with Gasteiger partial charge in [-0.2, -0.15) is 5.26 Å². The first-order chi connectivity index (χ1) is 8.31. The molecule has 1 aromatic heterocycles. The molecule has 1 heterocycles. The lowest BCUT2D eigenvalue weighted by Crippen LogP contribution is -2.37. The Hall–Kier alpha value is -1.38. The molecule has 0 fully saturated rings. The monoisotopic (exact) mass is 268 g/mol. The number of ether oxygens (including phenoxy) is 1. The standard InChI is InChI=1S/C12H17ClN4O/c1-8(18-12(2,3)4)9(7-14)16-10-5-6-15-11(13)17-10/h5-6,8-9H,1-4H3,(H,15,16,17)/t8-,9-/m1/s1. The molecule has 0 spiro atoms. The first-order valence-corrected chi connectivity index (χ1v) is 6.02. The Balaban J connectivity index is 2.71. The highest BCUT2D eigenvalue weighted by molar-refractivity contribution is 6.28. The van der Waals surface area contributed by atoms with E-state index >= 15 is 0 Å². The normalized spacial score (nSPS) is 14.7. The quantitative estimate of drug-likeness (QED) is 0.850. The summed E-state index contributed by atoms with van der Waals surface area (Å²) in [6.45, 7) is 7.67. The predicted octanol–water partition coefficient (Wildman–Crippen LogP) is 2.64. The zero-order valence-corrected chi connectivity index (χ0v) is 11.7. The number of nitriles is 1. The minimum Gasteiger partial charge on any atom is -0.370 e. The summed E-state index contributed by atoms with van der Waals surface area (Å²) in [7, 11) is 0. The zero-order valence-electron chi connectivity index (χ0n) is 10.9. The maximum atomic E-state index is 9.16. The van der Waals surface area contributed by atoms with E-state index in [1.54, 1.807) is 6.07 Å². The fourth-order valence-corrected chi connectivity index (χ4v) is 1.60. The lowest BCUT2D eigenvalue weighted by Gasteiger charge is -2.28. The Morgan fingerprint density at radius 3 is 2.67 bits per heavy atom. The van der Waals surface area contributed by atoms with Crippen LogP contribution in [0.15, 0.2) is 12.3 Å². The summed E-state index contributed by atoms with van der Waals surface area (Å²) in [5.41, 5.74) is -0.306. The van der Waals surface area contributed by atoms with Gasteiger partial charge in [0.25, 0.3) is 0 Å². The summed E-state index contributed by atoms with van der Waals surface area (Å²) in [5.74, 6) is 0.505. The average Bonchev–Trinajstić information content (AvgIpc) is 2.23. The second-order valence-corrected chi connectivity index (χ2v) is 5.24. The molecular weight excluding hydrogens is 252 g/mol. The van der Waals surface area contributed by atoms with Crippen molar-refractivity contribution in [2.75, 3.05) is 5.32 Å². The molecule has 18 heavy (non-hydrogen) atoms. The lowest BCUT2D eigenvalue weighted by molar-refractivity contribution is -0.0524. The molecule has 1 rings (SSSR count). The van der Waals surface area contributed by atoms with Gasteiger partial charge in [-0.05, 0) is 45.4 Å². The lowest BCUT2D eigenvalue weighted by atomic mass is 10.1. The average molecular weight is 269 g/mol. The van der Waals surface area contributed by atoms with Gasteiger partial charge in [0, 0.05) is 6.20 Å². The predicted molar refractivity (Wildman–Crippen MR) is 70.4 cm³/mol. The first kappa shape index (κ1) is 14.7. The third-order valence-electron chi connectivity index (χ3n) is 2.08. The fourth-order valence-electron chi connectivity index (χ4n) is 1.45. The fraction of sp³-hybridized carbons (Fsp3) is 0.583. The topological polar surface area (TPSA) is 70.8 Å². The Morgan fingerprint density at radius 1 is 1.50 bits per heavy atom. The molecule has 0 amide bonds. The number of nitrogens with zero attached hydrogens (tertiary/aromatic N) is 3. The molecule has 0 aliphatic heterocycles. The van der Waals surface area contributed by atoms with E-state index in [0.717, 1.165) is 0 Å². The van der Waals surface area contributed by atoms with Gasteiger partial charge in [0.1, 0.15) is 11.9 Å². The number of rotatable bonds is 4.